The minimum absolute atomic E-state index is 0.000900. The molecule has 14 heteroatoms. The highest BCUT2D eigenvalue weighted by Gasteiger charge is 2.27. The lowest BCUT2D eigenvalue weighted by atomic mass is 9.95. The molecular weight excluding hydrogens is 791 g/mol. The first kappa shape index (κ1) is 43.1. The highest BCUT2D eigenvalue weighted by atomic mass is 16.5. The van der Waals surface area contributed by atoms with Gasteiger partial charge in [-0.25, -0.2) is 4.98 Å². The molecule has 3 aliphatic rings. The van der Waals surface area contributed by atoms with E-state index in [1.165, 1.54) is 24.2 Å². The van der Waals surface area contributed by atoms with Crippen LogP contribution in [0.15, 0.2) is 95.8 Å². The minimum Gasteiger partial charge on any atom is -0.383 e. The van der Waals surface area contributed by atoms with Crippen LogP contribution >= 0.6 is 0 Å². The van der Waals surface area contributed by atoms with Crippen LogP contribution in [-0.4, -0.2) is 89.9 Å². The molecule has 0 unspecified atom stereocenters. The zero-order chi connectivity index (χ0) is 44.4. The van der Waals surface area contributed by atoms with Crippen molar-refractivity contribution in [2.45, 2.75) is 65.3 Å². The van der Waals surface area contributed by atoms with Gasteiger partial charge in [0.25, 0.3) is 11.7 Å². The molecule has 3 aliphatic heterocycles. The fourth-order valence-corrected chi connectivity index (χ4v) is 8.82. The van der Waals surface area contributed by atoms with Gasteiger partial charge in [0.1, 0.15) is 11.6 Å². The summed E-state index contributed by atoms with van der Waals surface area (Å²) in [5, 5.41) is 18.7. The van der Waals surface area contributed by atoms with Crippen molar-refractivity contribution >= 4 is 40.4 Å². The molecule has 328 valence electrons. The number of piperazine rings is 1. The predicted molar refractivity (Wildman–Crippen MR) is 249 cm³/mol. The quantitative estimate of drug-likeness (QED) is 0.100. The number of aromatic nitrogens is 3. The third-order valence-corrected chi connectivity index (χ3v) is 12.6. The van der Waals surface area contributed by atoms with E-state index in [1.807, 2.05) is 65.0 Å². The van der Waals surface area contributed by atoms with E-state index in [0.717, 1.165) is 73.9 Å². The van der Waals surface area contributed by atoms with Crippen LogP contribution in [0.2, 0.25) is 0 Å². The molecule has 2 aromatic heterocycles. The summed E-state index contributed by atoms with van der Waals surface area (Å²) in [7, 11) is 0. The summed E-state index contributed by atoms with van der Waals surface area (Å²) in [5.41, 5.74) is 14.8. The van der Waals surface area contributed by atoms with Crippen molar-refractivity contribution in [1.29, 1.82) is 5.41 Å². The molecule has 0 spiro atoms. The van der Waals surface area contributed by atoms with E-state index < -0.39 is 5.91 Å². The lowest BCUT2D eigenvalue weighted by Gasteiger charge is -2.40. The Morgan fingerprint density at radius 1 is 0.905 bits per heavy atom. The maximum absolute atomic E-state index is 12.9. The number of carbonyl (C=O) groups excluding carboxylic acids is 2. The molecule has 3 aromatic carbocycles. The maximum atomic E-state index is 12.9. The molecule has 2 amide bonds. The summed E-state index contributed by atoms with van der Waals surface area (Å²) < 4.78 is 5.29. The van der Waals surface area contributed by atoms with Crippen LogP contribution in [0.25, 0.3) is 11.3 Å². The molecule has 63 heavy (non-hydrogen) atoms. The van der Waals surface area contributed by atoms with E-state index in [-0.39, 0.29) is 28.9 Å². The molecule has 0 bridgehead atoms. The van der Waals surface area contributed by atoms with Crippen molar-refractivity contribution in [1.82, 2.24) is 30.7 Å². The number of nitrogen functional groups attached to an aromatic ring is 1. The number of hydrogen-bond acceptors (Lipinski definition) is 12. The van der Waals surface area contributed by atoms with Crippen LogP contribution in [-0.2, 0) is 10.2 Å². The maximum Gasteiger partial charge on any atom is 0.293 e. The molecule has 8 rings (SSSR count). The summed E-state index contributed by atoms with van der Waals surface area (Å²) in [6.07, 6.45) is 2.86. The number of piperidine rings is 1. The molecule has 14 nitrogen and oxygen atoms in total. The second kappa shape index (κ2) is 18.1. The molecule has 5 heterocycles. The number of carbonyl (C=O) groups is 2. The van der Waals surface area contributed by atoms with Gasteiger partial charge >= 0.3 is 0 Å². The number of aryl methyl sites for hydroxylation is 1. The van der Waals surface area contributed by atoms with E-state index in [1.54, 1.807) is 0 Å². The van der Waals surface area contributed by atoms with Gasteiger partial charge in [-0.05, 0) is 98.3 Å². The Kier molecular flexibility index (Phi) is 12.4. The minimum atomic E-state index is -0.413. The Morgan fingerprint density at radius 2 is 1.56 bits per heavy atom. The van der Waals surface area contributed by atoms with Gasteiger partial charge in [0.15, 0.2) is 0 Å². The highest BCUT2D eigenvalue weighted by molar-refractivity contribution is 6.13. The van der Waals surface area contributed by atoms with Gasteiger partial charge in [0, 0.05) is 97.9 Å². The van der Waals surface area contributed by atoms with Crippen LogP contribution in [0.1, 0.15) is 91.8 Å². The van der Waals surface area contributed by atoms with Crippen LogP contribution in [0, 0.1) is 18.3 Å². The summed E-state index contributed by atoms with van der Waals surface area (Å²) >= 11 is 0. The lowest BCUT2D eigenvalue weighted by Crippen LogP contribution is -2.49. The average Bonchev–Trinajstić information content (AvgIpc) is 3.79. The average molecular weight is 850 g/mol. The van der Waals surface area contributed by atoms with Crippen molar-refractivity contribution in [3.63, 3.8) is 0 Å². The third kappa shape index (κ3) is 9.76. The lowest BCUT2D eigenvalue weighted by molar-refractivity contribution is -0.120. The van der Waals surface area contributed by atoms with E-state index in [4.69, 9.17) is 20.7 Å². The number of rotatable bonds is 11. The molecule has 5 N–H and O–H groups in total. The van der Waals surface area contributed by atoms with E-state index >= 15 is 0 Å². The van der Waals surface area contributed by atoms with Gasteiger partial charge in [0.05, 0.1) is 17.4 Å². The standard InChI is InChI=1S/C49H59N11O3/c1-31-29-36(9-16-40(31)32(2)52-47(62)46-55-48(63-56-46)49(4,5)6)44(50)41-17-18-42(54-45(41)51)35-7-10-37(11-8-35)59-27-25-57(26-28-59)30-34-19-22-58(23-20-34)38-12-14-39(15-13-38)60-24-21-43(61)53-33(60)3/h7-18,29,32,34,50H,3,19-28,30H2,1-2,4-6H3,(H2,51,54)(H,52,62)(H,53,61)/t32-/m1/s1. The summed E-state index contributed by atoms with van der Waals surface area (Å²) in [5.74, 6) is 1.66. The molecule has 0 radical (unpaired) electrons. The number of nitrogens with one attached hydrogen (secondary N) is 3. The second-order valence-corrected chi connectivity index (χ2v) is 18.1. The summed E-state index contributed by atoms with van der Waals surface area (Å²) in [6, 6.07) is 26.4. The topological polar surface area (TPSA) is 173 Å². The van der Waals surface area contributed by atoms with E-state index in [9.17, 15) is 9.59 Å². The number of hydrogen-bond donors (Lipinski definition) is 4. The van der Waals surface area contributed by atoms with Crippen LogP contribution in [0.3, 0.4) is 0 Å². The monoisotopic (exact) mass is 849 g/mol. The zero-order valence-corrected chi connectivity index (χ0v) is 37.1. The van der Waals surface area contributed by atoms with Gasteiger partial charge in [0.2, 0.25) is 11.8 Å². The third-order valence-electron chi connectivity index (χ3n) is 12.6. The second-order valence-electron chi connectivity index (χ2n) is 18.1. The normalized spacial score (nSPS) is 17.1. The molecule has 1 atom stereocenters. The Bertz CT molecular complexity index is 2480. The number of benzene rings is 3. The molecule has 3 saturated heterocycles. The van der Waals surface area contributed by atoms with Gasteiger partial charge in [-0.3, -0.25) is 19.9 Å². The first-order valence-electron chi connectivity index (χ1n) is 22.0. The molecule has 5 aromatic rings. The van der Waals surface area contributed by atoms with E-state index in [2.05, 4.69) is 95.5 Å². The zero-order valence-electron chi connectivity index (χ0n) is 37.1. The van der Waals surface area contributed by atoms with Crippen molar-refractivity contribution in [3.05, 3.63) is 125 Å². The summed E-state index contributed by atoms with van der Waals surface area (Å²) in [4.78, 5) is 43.2. The number of pyridine rings is 1. The Balaban J connectivity index is 0.796. The first-order chi connectivity index (χ1) is 30.2. The van der Waals surface area contributed by atoms with Gasteiger partial charge in [-0.15, -0.1) is 0 Å². The number of nitrogens with two attached hydrogens (primary N) is 1. The molecule has 0 aliphatic carbocycles. The Labute approximate surface area is 370 Å². The van der Waals surface area contributed by atoms with Crippen LogP contribution in [0.5, 0.6) is 0 Å². The van der Waals surface area contributed by atoms with Gasteiger partial charge in [-0.1, -0.05) is 56.8 Å². The largest absolute Gasteiger partial charge is 0.383 e. The van der Waals surface area contributed by atoms with Crippen molar-refractivity contribution in [2.24, 2.45) is 5.92 Å². The van der Waals surface area contributed by atoms with Crippen LogP contribution < -0.4 is 31.1 Å². The van der Waals surface area contributed by atoms with Crippen molar-refractivity contribution in [2.75, 3.05) is 72.8 Å². The fourth-order valence-electron chi connectivity index (χ4n) is 8.82. The smallest absolute Gasteiger partial charge is 0.293 e. The van der Waals surface area contributed by atoms with Crippen molar-refractivity contribution < 1.29 is 14.1 Å². The molecular formula is C49H59N11O3. The number of anilines is 4. The summed E-state index contributed by atoms with van der Waals surface area (Å²) in [6.45, 7) is 21.7. The van der Waals surface area contributed by atoms with E-state index in [0.29, 0.717) is 47.5 Å². The molecule has 3 fully saturated rings. The Hall–Kier alpha value is -6.54. The van der Waals surface area contributed by atoms with Crippen LogP contribution in [0.4, 0.5) is 22.9 Å². The SMILES string of the molecule is C=C1NC(=O)CCN1c1ccc(N2CCC(CN3CCN(c4ccc(-c5ccc(C(=N)c6ccc([C@@H](C)NC(=O)c7noc(C(C)(C)C)n7)c(C)c6)c(N)n5)cc4)CC3)CC2)cc1. The highest BCUT2D eigenvalue weighted by Crippen LogP contribution is 2.30. The van der Waals surface area contributed by atoms with Gasteiger partial charge in [-0.2, -0.15) is 4.98 Å². The number of nitrogens with zero attached hydrogens (tertiary/aromatic N) is 7. The van der Waals surface area contributed by atoms with Gasteiger partial charge < -0.3 is 35.6 Å². The fraction of sp³-hybridized carbons (Fsp3) is 0.388. The predicted octanol–water partition coefficient (Wildman–Crippen LogP) is 7.06. The Morgan fingerprint density at radius 3 is 2.17 bits per heavy atom. The number of amides is 2. The molecule has 0 saturated carbocycles. The van der Waals surface area contributed by atoms with Crippen molar-refractivity contribution in [3.8, 4) is 11.3 Å². The first-order valence-corrected chi connectivity index (χ1v) is 22.0.